The quantitative estimate of drug-likeness (QED) is 0.468. The molecule has 4 heteroatoms. The van der Waals surface area contributed by atoms with Gasteiger partial charge in [-0.1, -0.05) is 31.0 Å². The fourth-order valence-corrected chi connectivity index (χ4v) is 5.37. The Balaban J connectivity index is 1.91. The van der Waals surface area contributed by atoms with Gasteiger partial charge in [-0.15, -0.1) is 18.2 Å². The summed E-state index contributed by atoms with van der Waals surface area (Å²) in [5.41, 5.74) is 1.39. The Kier molecular flexibility index (Phi) is 3.54. The van der Waals surface area contributed by atoms with Gasteiger partial charge >= 0.3 is 0 Å². The molecule has 94 valence electrons. The third kappa shape index (κ3) is 2.15. The number of terminal acetylenes is 1. The fourth-order valence-electron chi connectivity index (χ4n) is 2.93. The van der Waals surface area contributed by atoms with E-state index in [4.69, 9.17) is 6.42 Å². The number of fused-ring (bicyclic) bond motifs is 3. The normalized spacial score (nSPS) is 29.4. The molecule has 0 N–H and O–H groups in total. The highest BCUT2D eigenvalue weighted by Crippen LogP contribution is 2.53. The Hall–Kier alpha value is -0.660. The molecule has 2 aliphatic rings. The van der Waals surface area contributed by atoms with Crippen LogP contribution in [-0.4, -0.2) is 21.0 Å². The van der Waals surface area contributed by atoms with E-state index >= 15 is 0 Å². The molecule has 0 aromatic carbocycles. The fraction of sp³-hybridized carbons (Fsp3) is 0.571. The van der Waals surface area contributed by atoms with Crippen molar-refractivity contribution in [1.29, 1.82) is 0 Å². The van der Waals surface area contributed by atoms with Gasteiger partial charge in [0.2, 0.25) is 0 Å². The lowest BCUT2D eigenvalue weighted by Gasteiger charge is -2.29. The van der Waals surface area contributed by atoms with Gasteiger partial charge in [0, 0.05) is 16.7 Å². The van der Waals surface area contributed by atoms with Crippen molar-refractivity contribution in [3.8, 4) is 12.3 Å². The van der Waals surface area contributed by atoms with Crippen LogP contribution in [-0.2, 0) is 0 Å². The summed E-state index contributed by atoms with van der Waals surface area (Å²) in [6.45, 7) is 2.36. The maximum atomic E-state index is 5.35. The molecule has 0 radical (unpaired) electrons. The predicted octanol–water partition coefficient (Wildman–Crippen LogP) is 3.58. The highest BCUT2D eigenvalue weighted by molar-refractivity contribution is 8.00. The molecule has 3 atom stereocenters. The lowest BCUT2D eigenvalue weighted by Crippen LogP contribution is -2.21. The molecule has 3 unspecified atom stereocenters. The summed E-state index contributed by atoms with van der Waals surface area (Å²) in [7, 11) is 0. The van der Waals surface area contributed by atoms with E-state index in [1.807, 2.05) is 11.8 Å². The number of hydrogen-bond donors (Lipinski definition) is 0. The van der Waals surface area contributed by atoms with Crippen molar-refractivity contribution >= 4 is 23.5 Å². The second-order valence-electron chi connectivity index (χ2n) is 5.07. The van der Waals surface area contributed by atoms with Gasteiger partial charge in [0.05, 0.1) is 5.75 Å². The molecule has 0 spiro atoms. The van der Waals surface area contributed by atoms with Gasteiger partial charge < -0.3 is 0 Å². The first kappa shape index (κ1) is 12.4. The van der Waals surface area contributed by atoms with Gasteiger partial charge in [0.25, 0.3) is 0 Å². The molecule has 2 heterocycles. The van der Waals surface area contributed by atoms with Crippen LogP contribution in [0, 0.1) is 18.3 Å². The number of rotatable bonds is 2. The van der Waals surface area contributed by atoms with E-state index in [2.05, 4.69) is 22.8 Å². The number of nitrogens with zero attached hydrogens (tertiary/aromatic N) is 2. The zero-order valence-electron chi connectivity index (χ0n) is 10.4. The zero-order valence-corrected chi connectivity index (χ0v) is 12.1. The van der Waals surface area contributed by atoms with Crippen LogP contribution in [0.2, 0.25) is 0 Å². The Bertz CT molecular complexity index is 495. The SMILES string of the molecule is C#CCSc1ncnc2c1C1CCC(C)CC1S2. The molecule has 1 aliphatic carbocycles. The largest absolute Gasteiger partial charge is 0.230 e. The smallest absolute Gasteiger partial charge is 0.118 e. The topological polar surface area (TPSA) is 25.8 Å². The van der Waals surface area contributed by atoms with Crippen molar-refractivity contribution in [3.63, 3.8) is 0 Å². The van der Waals surface area contributed by atoms with Crippen molar-refractivity contribution in [3.05, 3.63) is 11.9 Å². The minimum absolute atomic E-state index is 0.655. The van der Waals surface area contributed by atoms with Gasteiger partial charge in [-0.25, -0.2) is 9.97 Å². The summed E-state index contributed by atoms with van der Waals surface area (Å²) < 4.78 is 0. The molecule has 1 aliphatic heterocycles. The minimum atomic E-state index is 0.655. The van der Waals surface area contributed by atoms with Crippen molar-refractivity contribution in [1.82, 2.24) is 9.97 Å². The van der Waals surface area contributed by atoms with E-state index in [0.717, 1.165) is 10.9 Å². The average Bonchev–Trinajstić information content (AvgIpc) is 2.73. The summed E-state index contributed by atoms with van der Waals surface area (Å²) in [6, 6.07) is 0. The molecule has 0 saturated heterocycles. The van der Waals surface area contributed by atoms with Crippen LogP contribution in [0.15, 0.2) is 16.4 Å². The number of hydrogen-bond acceptors (Lipinski definition) is 4. The molecule has 0 bridgehead atoms. The van der Waals surface area contributed by atoms with Crippen LogP contribution in [0.25, 0.3) is 0 Å². The molecule has 0 amide bonds. The summed E-state index contributed by atoms with van der Waals surface area (Å²) in [6.07, 6.45) is 11.0. The van der Waals surface area contributed by atoms with E-state index < -0.39 is 0 Å². The Labute approximate surface area is 117 Å². The van der Waals surface area contributed by atoms with E-state index in [1.165, 1.54) is 29.9 Å². The van der Waals surface area contributed by atoms with Gasteiger partial charge in [0.1, 0.15) is 16.4 Å². The van der Waals surface area contributed by atoms with Gasteiger partial charge in [0.15, 0.2) is 0 Å². The monoisotopic (exact) mass is 276 g/mol. The first-order chi connectivity index (χ1) is 8.79. The lowest BCUT2D eigenvalue weighted by molar-refractivity contribution is 0.358. The highest BCUT2D eigenvalue weighted by atomic mass is 32.2. The van der Waals surface area contributed by atoms with Crippen LogP contribution < -0.4 is 0 Å². The Morgan fingerprint density at radius 2 is 2.39 bits per heavy atom. The van der Waals surface area contributed by atoms with Crippen LogP contribution in [0.1, 0.15) is 37.7 Å². The van der Waals surface area contributed by atoms with Gasteiger partial charge in [-0.3, -0.25) is 0 Å². The van der Waals surface area contributed by atoms with Crippen LogP contribution in [0.3, 0.4) is 0 Å². The Morgan fingerprint density at radius 3 is 3.22 bits per heavy atom. The van der Waals surface area contributed by atoms with Crippen LogP contribution in [0.4, 0.5) is 0 Å². The van der Waals surface area contributed by atoms with Crippen molar-refractivity contribution in [2.75, 3.05) is 5.75 Å². The van der Waals surface area contributed by atoms with Crippen molar-refractivity contribution in [2.24, 2.45) is 5.92 Å². The van der Waals surface area contributed by atoms with E-state index in [-0.39, 0.29) is 0 Å². The van der Waals surface area contributed by atoms with Crippen LogP contribution >= 0.6 is 23.5 Å². The summed E-state index contributed by atoms with van der Waals surface area (Å²) >= 11 is 3.64. The standard InChI is InChI=1S/C14H16N2S2/c1-3-6-17-13-12-10-5-4-9(2)7-11(10)18-14(12)16-8-15-13/h1,8-11H,4-7H2,2H3. The predicted molar refractivity (Wildman–Crippen MR) is 77.0 cm³/mol. The molecule has 2 nitrogen and oxygen atoms in total. The minimum Gasteiger partial charge on any atom is -0.230 e. The molecule has 1 aromatic heterocycles. The summed E-state index contributed by atoms with van der Waals surface area (Å²) in [5.74, 6) is 4.88. The third-order valence-corrected chi connectivity index (χ3v) is 6.07. The van der Waals surface area contributed by atoms with Crippen molar-refractivity contribution < 1.29 is 0 Å². The maximum Gasteiger partial charge on any atom is 0.118 e. The second-order valence-corrected chi connectivity index (χ2v) is 7.26. The summed E-state index contributed by atoms with van der Waals surface area (Å²) in [4.78, 5) is 8.90. The lowest BCUT2D eigenvalue weighted by atomic mass is 9.80. The maximum absolute atomic E-state index is 5.35. The molecule has 1 aromatic rings. The molecule has 1 fully saturated rings. The average molecular weight is 276 g/mol. The molecule has 18 heavy (non-hydrogen) atoms. The zero-order chi connectivity index (χ0) is 12.5. The first-order valence-corrected chi connectivity index (χ1v) is 8.24. The third-order valence-electron chi connectivity index (χ3n) is 3.79. The number of thioether (sulfide) groups is 2. The first-order valence-electron chi connectivity index (χ1n) is 6.37. The van der Waals surface area contributed by atoms with Crippen LogP contribution in [0.5, 0.6) is 0 Å². The molecular weight excluding hydrogens is 260 g/mol. The van der Waals surface area contributed by atoms with Crippen molar-refractivity contribution in [2.45, 2.75) is 47.4 Å². The highest BCUT2D eigenvalue weighted by Gasteiger charge is 2.39. The molecular formula is C14H16N2S2. The molecule has 1 saturated carbocycles. The van der Waals surface area contributed by atoms with Gasteiger partial charge in [-0.2, -0.15) is 0 Å². The van der Waals surface area contributed by atoms with E-state index in [9.17, 15) is 0 Å². The summed E-state index contributed by atoms with van der Waals surface area (Å²) in [5, 5.41) is 3.03. The van der Waals surface area contributed by atoms with E-state index in [0.29, 0.717) is 16.9 Å². The number of aromatic nitrogens is 2. The second kappa shape index (κ2) is 5.14. The molecule has 3 rings (SSSR count). The van der Waals surface area contributed by atoms with E-state index in [1.54, 1.807) is 18.1 Å². The Morgan fingerprint density at radius 1 is 1.50 bits per heavy atom. The van der Waals surface area contributed by atoms with Gasteiger partial charge in [-0.05, 0) is 18.8 Å².